The van der Waals surface area contributed by atoms with E-state index in [1.54, 1.807) is 0 Å². The minimum atomic E-state index is -0.800. The Morgan fingerprint density at radius 1 is 1.12 bits per heavy atom. The molecule has 1 aromatic rings. The summed E-state index contributed by atoms with van der Waals surface area (Å²) in [7, 11) is 0. The van der Waals surface area contributed by atoms with E-state index >= 15 is 0 Å². The normalized spacial score (nSPS) is 43.8. The molecule has 1 unspecified atom stereocenters. The van der Waals surface area contributed by atoms with Crippen molar-refractivity contribution >= 4 is 5.97 Å². The lowest BCUT2D eigenvalue weighted by Gasteiger charge is -2.61. The quantitative estimate of drug-likeness (QED) is 0.472. The van der Waals surface area contributed by atoms with Crippen molar-refractivity contribution in [1.29, 1.82) is 0 Å². The fourth-order valence-corrected chi connectivity index (χ4v) is 6.92. The molecule has 176 valence electrons. The molecule has 2 bridgehead atoms. The van der Waals surface area contributed by atoms with Gasteiger partial charge < -0.3 is 14.2 Å². The molecule has 0 N–H and O–H groups in total. The topological polar surface area (TPSA) is 63.2 Å². The van der Waals surface area contributed by atoms with Gasteiger partial charge in [0, 0.05) is 18.3 Å². The van der Waals surface area contributed by atoms with E-state index in [4.69, 9.17) is 24.0 Å². The van der Waals surface area contributed by atoms with Gasteiger partial charge in [-0.25, -0.2) is 9.78 Å². The Morgan fingerprint density at radius 2 is 1.91 bits per heavy atom. The van der Waals surface area contributed by atoms with Gasteiger partial charge in [0.15, 0.2) is 11.9 Å². The Kier molecular flexibility index (Phi) is 5.85. The van der Waals surface area contributed by atoms with Crippen LogP contribution in [-0.2, 0) is 28.8 Å². The van der Waals surface area contributed by atoms with Gasteiger partial charge in [-0.05, 0) is 56.4 Å². The first kappa shape index (κ1) is 22.3. The molecule has 4 heterocycles. The fourth-order valence-electron chi connectivity index (χ4n) is 6.92. The third-order valence-electron chi connectivity index (χ3n) is 8.53. The molecule has 1 spiro atoms. The van der Waals surface area contributed by atoms with Crippen LogP contribution in [0.2, 0.25) is 0 Å². The largest absolute Gasteiger partial charge is 0.466 e. The zero-order valence-electron chi connectivity index (χ0n) is 19.6. The molecule has 6 nitrogen and oxygen atoms in total. The molecule has 5 fully saturated rings. The molecule has 6 heteroatoms. The summed E-state index contributed by atoms with van der Waals surface area (Å²) < 4.78 is 18.7. The second kappa shape index (κ2) is 8.39. The van der Waals surface area contributed by atoms with Crippen molar-refractivity contribution in [2.24, 2.45) is 23.7 Å². The zero-order valence-corrected chi connectivity index (χ0v) is 19.6. The highest BCUT2D eigenvalue weighted by Crippen LogP contribution is 2.61. The summed E-state index contributed by atoms with van der Waals surface area (Å²) in [5.74, 6) is 0.171. The SMILES string of the molecule is CCOC(=O)C[C@H](c1ccccc1)[C@H]1O[C@@H]2O[C@@]3(C)CC[C@H]4[C@H](C)CC[C@@H]([C@H]1C)C24OO3. The number of carbonyl (C=O) groups is 1. The molecule has 0 radical (unpaired) electrons. The minimum Gasteiger partial charge on any atom is -0.466 e. The summed E-state index contributed by atoms with van der Waals surface area (Å²) in [5, 5.41) is 0. The van der Waals surface area contributed by atoms with Crippen LogP contribution in [-0.4, -0.2) is 36.4 Å². The van der Waals surface area contributed by atoms with E-state index in [0.717, 1.165) is 31.2 Å². The predicted molar refractivity (Wildman–Crippen MR) is 117 cm³/mol. The van der Waals surface area contributed by atoms with Crippen LogP contribution in [0, 0.1) is 23.7 Å². The molecular weight excluding hydrogens is 408 g/mol. The number of rotatable bonds is 5. The number of fused-ring (bicyclic) bond motifs is 2. The van der Waals surface area contributed by atoms with E-state index < -0.39 is 17.7 Å². The van der Waals surface area contributed by atoms with Gasteiger partial charge in [-0.15, -0.1) is 0 Å². The van der Waals surface area contributed by atoms with E-state index in [1.807, 2.05) is 32.0 Å². The number of hydrogen-bond acceptors (Lipinski definition) is 6. The van der Waals surface area contributed by atoms with Crippen LogP contribution in [0.15, 0.2) is 30.3 Å². The van der Waals surface area contributed by atoms with E-state index in [-0.39, 0.29) is 36.2 Å². The lowest BCUT2D eigenvalue weighted by atomic mass is 9.56. The molecule has 1 saturated carbocycles. The van der Waals surface area contributed by atoms with Crippen LogP contribution in [0.25, 0.3) is 0 Å². The summed E-state index contributed by atoms with van der Waals surface area (Å²) in [4.78, 5) is 24.8. The molecule has 5 aliphatic rings. The molecule has 1 aliphatic carbocycles. The molecular formula is C26H36O6. The maximum Gasteiger partial charge on any atom is 0.306 e. The van der Waals surface area contributed by atoms with E-state index in [0.29, 0.717) is 18.4 Å². The summed E-state index contributed by atoms with van der Waals surface area (Å²) in [6, 6.07) is 10.2. The average Bonchev–Trinajstić information content (AvgIpc) is 3.01. The molecule has 1 aromatic carbocycles. The first-order valence-electron chi connectivity index (χ1n) is 12.3. The molecule has 0 aromatic heterocycles. The van der Waals surface area contributed by atoms with Gasteiger partial charge in [-0.3, -0.25) is 4.79 Å². The first-order chi connectivity index (χ1) is 15.4. The second-order valence-electron chi connectivity index (χ2n) is 10.4. The summed E-state index contributed by atoms with van der Waals surface area (Å²) in [5.41, 5.74) is 0.505. The fraction of sp³-hybridized carbons (Fsp3) is 0.731. The number of carbonyl (C=O) groups excluding carboxylic acids is 1. The Morgan fingerprint density at radius 3 is 2.66 bits per heavy atom. The van der Waals surface area contributed by atoms with E-state index in [2.05, 4.69) is 26.0 Å². The maximum atomic E-state index is 12.6. The van der Waals surface area contributed by atoms with Gasteiger partial charge in [0.25, 0.3) is 0 Å². The minimum absolute atomic E-state index is 0.112. The zero-order chi connectivity index (χ0) is 22.5. The van der Waals surface area contributed by atoms with Gasteiger partial charge in [-0.1, -0.05) is 44.2 Å². The molecule has 9 atom stereocenters. The highest BCUT2D eigenvalue weighted by Gasteiger charge is 2.69. The second-order valence-corrected chi connectivity index (χ2v) is 10.4. The predicted octanol–water partition coefficient (Wildman–Crippen LogP) is 4.97. The van der Waals surface area contributed by atoms with Crippen molar-refractivity contribution in [3.05, 3.63) is 35.9 Å². The van der Waals surface area contributed by atoms with Gasteiger partial charge >= 0.3 is 5.97 Å². The van der Waals surface area contributed by atoms with Crippen LogP contribution in [0.3, 0.4) is 0 Å². The number of esters is 1. The van der Waals surface area contributed by atoms with Crippen molar-refractivity contribution < 1.29 is 28.8 Å². The Labute approximate surface area is 190 Å². The van der Waals surface area contributed by atoms with Crippen molar-refractivity contribution in [2.45, 2.75) is 89.5 Å². The number of hydrogen-bond donors (Lipinski definition) is 0. The van der Waals surface area contributed by atoms with Crippen LogP contribution >= 0.6 is 0 Å². The van der Waals surface area contributed by atoms with E-state index in [1.165, 1.54) is 0 Å². The van der Waals surface area contributed by atoms with Gasteiger partial charge in [0.1, 0.15) is 0 Å². The van der Waals surface area contributed by atoms with Gasteiger partial charge in [0.2, 0.25) is 5.79 Å². The molecule has 4 aliphatic heterocycles. The van der Waals surface area contributed by atoms with Gasteiger partial charge in [0.05, 0.1) is 19.1 Å². The molecule has 0 amide bonds. The molecule has 6 rings (SSSR count). The van der Waals surface area contributed by atoms with Crippen LogP contribution < -0.4 is 0 Å². The standard InChI is InChI=1S/C26H36O6/c1-5-28-22(27)15-19(18-9-7-6-8-10-18)23-17(3)21-12-11-16(2)20-13-14-25(4)30-24(29-23)26(20,21)32-31-25/h6-10,16-17,19-21,23-24H,5,11-15H2,1-4H3/t16-,17-,19-,20+,21+,23+,24-,25-,26?/m1/s1. The van der Waals surface area contributed by atoms with Crippen LogP contribution in [0.5, 0.6) is 0 Å². The van der Waals surface area contributed by atoms with Crippen molar-refractivity contribution in [3.63, 3.8) is 0 Å². The monoisotopic (exact) mass is 444 g/mol. The highest BCUT2D eigenvalue weighted by molar-refractivity contribution is 5.70. The van der Waals surface area contributed by atoms with Crippen molar-refractivity contribution in [2.75, 3.05) is 6.61 Å². The maximum absolute atomic E-state index is 12.6. The van der Waals surface area contributed by atoms with Crippen molar-refractivity contribution in [3.8, 4) is 0 Å². The van der Waals surface area contributed by atoms with Crippen LogP contribution in [0.1, 0.15) is 71.3 Å². The summed E-state index contributed by atoms with van der Waals surface area (Å²) >= 11 is 0. The molecule has 32 heavy (non-hydrogen) atoms. The van der Waals surface area contributed by atoms with Crippen LogP contribution in [0.4, 0.5) is 0 Å². The number of benzene rings is 1. The Balaban J connectivity index is 1.53. The lowest BCUT2D eigenvalue weighted by Crippen LogP contribution is -2.70. The van der Waals surface area contributed by atoms with Crippen molar-refractivity contribution in [1.82, 2.24) is 0 Å². The molecule has 4 saturated heterocycles. The highest BCUT2D eigenvalue weighted by atomic mass is 17.3. The summed E-state index contributed by atoms with van der Waals surface area (Å²) in [6.07, 6.45) is 3.61. The number of ether oxygens (including phenoxy) is 3. The van der Waals surface area contributed by atoms with E-state index in [9.17, 15) is 4.79 Å². The van der Waals surface area contributed by atoms with Gasteiger partial charge in [-0.2, -0.15) is 0 Å². The first-order valence-corrected chi connectivity index (χ1v) is 12.3. The smallest absolute Gasteiger partial charge is 0.306 e. The third-order valence-corrected chi connectivity index (χ3v) is 8.53. The average molecular weight is 445 g/mol. The summed E-state index contributed by atoms with van der Waals surface area (Å²) in [6.45, 7) is 8.73. The lowest BCUT2D eigenvalue weighted by molar-refractivity contribution is -0.571. The Bertz CT molecular complexity index is 829. The Hall–Kier alpha value is -1.47. The third kappa shape index (κ3) is 3.51.